The molecule has 1 amide bonds. The Morgan fingerprint density at radius 3 is 2.42 bits per heavy atom. The highest BCUT2D eigenvalue weighted by molar-refractivity contribution is 7.99. The summed E-state index contributed by atoms with van der Waals surface area (Å²) in [7, 11) is 0. The van der Waals surface area contributed by atoms with E-state index in [9.17, 15) is 9.59 Å². The first-order valence-corrected chi connectivity index (χ1v) is 11.6. The molecule has 0 radical (unpaired) electrons. The molecule has 0 fully saturated rings. The van der Waals surface area contributed by atoms with Gasteiger partial charge in [-0.15, -0.1) is 0 Å². The minimum Gasteiger partial charge on any atom is -0.341 e. The highest BCUT2D eigenvalue weighted by Crippen LogP contribution is 2.21. The van der Waals surface area contributed by atoms with Gasteiger partial charge in [0.15, 0.2) is 5.16 Å². The van der Waals surface area contributed by atoms with Crippen molar-refractivity contribution in [2.75, 3.05) is 18.8 Å². The van der Waals surface area contributed by atoms with E-state index < -0.39 is 0 Å². The van der Waals surface area contributed by atoms with E-state index in [1.807, 2.05) is 42.2 Å². The molecular formula is C24H30N4O2S. The number of aromatic nitrogens is 3. The number of nitrogens with zero attached hydrogens (tertiary/aromatic N) is 4. The summed E-state index contributed by atoms with van der Waals surface area (Å²) in [5, 5.41) is 1.01. The van der Waals surface area contributed by atoms with Crippen LogP contribution in [-0.2, 0) is 4.79 Å². The highest BCUT2D eigenvalue weighted by atomic mass is 32.2. The summed E-state index contributed by atoms with van der Waals surface area (Å²) in [6.45, 7) is 11.8. The largest absolute Gasteiger partial charge is 0.341 e. The smallest absolute Gasteiger partial charge is 0.267 e. The van der Waals surface area contributed by atoms with Crippen LogP contribution < -0.4 is 5.56 Å². The number of hydrogen-bond donors (Lipinski definition) is 0. The van der Waals surface area contributed by atoms with Crippen molar-refractivity contribution in [3.05, 3.63) is 58.5 Å². The van der Waals surface area contributed by atoms with E-state index in [-0.39, 0.29) is 17.2 Å². The maximum Gasteiger partial charge on any atom is 0.267 e. The molecule has 31 heavy (non-hydrogen) atoms. The zero-order valence-corrected chi connectivity index (χ0v) is 19.6. The number of carbonyl (C=O) groups excluding carboxylic acids is 1. The molecule has 0 bridgehead atoms. The molecule has 3 aromatic rings. The number of benzene rings is 1. The van der Waals surface area contributed by atoms with Gasteiger partial charge in [0.2, 0.25) is 5.91 Å². The number of fused-ring (bicyclic) bond motifs is 1. The molecule has 0 aliphatic heterocycles. The van der Waals surface area contributed by atoms with E-state index >= 15 is 0 Å². The molecule has 0 aliphatic rings. The number of aryl methyl sites for hydroxylation is 1. The van der Waals surface area contributed by atoms with Gasteiger partial charge in [0, 0.05) is 19.3 Å². The molecule has 0 saturated carbocycles. The van der Waals surface area contributed by atoms with Crippen LogP contribution in [-0.4, -0.2) is 44.2 Å². The second-order valence-electron chi connectivity index (χ2n) is 8.62. The van der Waals surface area contributed by atoms with Crippen LogP contribution in [0, 0.1) is 18.8 Å². The molecule has 0 aliphatic carbocycles. The normalized spacial score (nSPS) is 11.5. The Hall–Kier alpha value is -2.67. The molecule has 164 valence electrons. The molecular weight excluding hydrogens is 408 g/mol. The molecule has 0 unspecified atom stereocenters. The van der Waals surface area contributed by atoms with Crippen molar-refractivity contribution in [3.8, 4) is 5.82 Å². The molecule has 1 aromatic carbocycles. The number of carbonyl (C=O) groups is 1. The van der Waals surface area contributed by atoms with Crippen LogP contribution in [0.25, 0.3) is 16.7 Å². The van der Waals surface area contributed by atoms with Gasteiger partial charge in [-0.1, -0.05) is 51.6 Å². The minimum atomic E-state index is -0.181. The maximum atomic E-state index is 13.3. The van der Waals surface area contributed by atoms with Crippen molar-refractivity contribution in [1.82, 2.24) is 19.4 Å². The van der Waals surface area contributed by atoms with E-state index in [2.05, 4.69) is 32.7 Å². The molecule has 7 heteroatoms. The van der Waals surface area contributed by atoms with Crippen molar-refractivity contribution >= 4 is 28.6 Å². The van der Waals surface area contributed by atoms with Gasteiger partial charge >= 0.3 is 0 Å². The third kappa shape index (κ3) is 5.73. The molecule has 0 N–H and O–H groups in total. The van der Waals surface area contributed by atoms with Crippen molar-refractivity contribution in [1.29, 1.82) is 0 Å². The summed E-state index contributed by atoms with van der Waals surface area (Å²) in [6, 6.07) is 11.0. The Bertz CT molecular complexity index is 1110. The fourth-order valence-corrected chi connectivity index (χ4v) is 4.33. The Kier molecular flexibility index (Phi) is 7.49. The van der Waals surface area contributed by atoms with Gasteiger partial charge in [-0.25, -0.2) is 14.5 Å². The molecule has 0 spiro atoms. The molecule has 2 heterocycles. The van der Waals surface area contributed by atoms with E-state index in [0.29, 0.717) is 33.7 Å². The average Bonchev–Trinajstić information content (AvgIpc) is 2.71. The molecule has 0 atom stereocenters. The topological polar surface area (TPSA) is 68.1 Å². The van der Waals surface area contributed by atoms with Crippen LogP contribution in [0.3, 0.4) is 0 Å². The van der Waals surface area contributed by atoms with Crippen molar-refractivity contribution in [3.63, 3.8) is 0 Å². The van der Waals surface area contributed by atoms with E-state index in [4.69, 9.17) is 4.98 Å². The standard InChI is InChI=1S/C24H30N4O2S/c1-16(2)13-27(14-17(3)4)22(29)15-31-24-26-20-9-7-6-8-19(20)23(30)28(24)21-12-18(5)10-11-25-21/h6-12,16-17H,13-15H2,1-5H3. The molecule has 0 saturated heterocycles. The summed E-state index contributed by atoms with van der Waals surface area (Å²) in [5.41, 5.74) is 1.43. The lowest BCUT2D eigenvalue weighted by Crippen LogP contribution is -2.38. The first-order chi connectivity index (χ1) is 14.8. The Morgan fingerprint density at radius 2 is 1.77 bits per heavy atom. The van der Waals surface area contributed by atoms with Crippen LogP contribution in [0.5, 0.6) is 0 Å². The fraction of sp³-hybridized carbons (Fsp3) is 0.417. The Balaban J connectivity index is 1.98. The van der Waals surface area contributed by atoms with E-state index in [0.717, 1.165) is 18.7 Å². The first-order valence-electron chi connectivity index (χ1n) is 10.6. The minimum absolute atomic E-state index is 0.0542. The first kappa shape index (κ1) is 23.0. The second kappa shape index (κ2) is 10.1. The fourth-order valence-electron chi connectivity index (χ4n) is 3.43. The number of para-hydroxylation sites is 1. The van der Waals surface area contributed by atoms with Crippen molar-refractivity contribution < 1.29 is 4.79 Å². The third-order valence-electron chi connectivity index (χ3n) is 4.72. The van der Waals surface area contributed by atoms with Crippen LogP contribution in [0.4, 0.5) is 0 Å². The van der Waals surface area contributed by atoms with Gasteiger partial charge in [-0.05, 0) is 48.6 Å². The number of rotatable bonds is 8. The van der Waals surface area contributed by atoms with Gasteiger partial charge < -0.3 is 4.90 Å². The number of amides is 1. The van der Waals surface area contributed by atoms with Crippen LogP contribution in [0.2, 0.25) is 0 Å². The van der Waals surface area contributed by atoms with E-state index in [1.165, 1.54) is 16.3 Å². The lowest BCUT2D eigenvalue weighted by Gasteiger charge is -2.26. The van der Waals surface area contributed by atoms with Crippen molar-refractivity contribution in [2.24, 2.45) is 11.8 Å². The van der Waals surface area contributed by atoms with Gasteiger partial charge in [0.25, 0.3) is 5.56 Å². The van der Waals surface area contributed by atoms with E-state index in [1.54, 1.807) is 12.3 Å². The molecule has 6 nitrogen and oxygen atoms in total. The number of thioether (sulfide) groups is 1. The second-order valence-corrected chi connectivity index (χ2v) is 9.56. The predicted molar refractivity (Wildman–Crippen MR) is 127 cm³/mol. The van der Waals surface area contributed by atoms with Gasteiger partial charge in [0.1, 0.15) is 5.82 Å². The average molecular weight is 439 g/mol. The number of pyridine rings is 1. The SMILES string of the molecule is Cc1ccnc(-n2c(SCC(=O)N(CC(C)C)CC(C)C)nc3ccccc3c2=O)c1. The monoisotopic (exact) mass is 438 g/mol. The Morgan fingerprint density at radius 1 is 1.10 bits per heavy atom. The summed E-state index contributed by atoms with van der Waals surface area (Å²) >= 11 is 1.29. The lowest BCUT2D eigenvalue weighted by molar-refractivity contribution is -0.129. The van der Waals surface area contributed by atoms with Gasteiger partial charge in [-0.3, -0.25) is 9.59 Å². The van der Waals surface area contributed by atoms with Crippen molar-refractivity contribution in [2.45, 2.75) is 39.8 Å². The third-order valence-corrected chi connectivity index (χ3v) is 5.65. The highest BCUT2D eigenvalue weighted by Gasteiger charge is 2.20. The molecule has 2 aromatic heterocycles. The summed E-state index contributed by atoms with van der Waals surface area (Å²) in [4.78, 5) is 37.3. The van der Waals surface area contributed by atoms with Crippen LogP contribution >= 0.6 is 11.8 Å². The lowest BCUT2D eigenvalue weighted by atomic mass is 10.1. The van der Waals surface area contributed by atoms with Gasteiger partial charge in [0.05, 0.1) is 16.7 Å². The zero-order valence-electron chi connectivity index (χ0n) is 18.8. The maximum absolute atomic E-state index is 13.3. The predicted octanol–water partition coefficient (Wildman–Crippen LogP) is 4.32. The summed E-state index contributed by atoms with van der Waals surface area (Å²) in [5.74, 6) is 1.57. The number of hydrogen-bond acceptors (Lipinski definition) is 5. The quantitative estimate of drug-likeness (QED) is 0.387. The van der Waals surface area contributed by atoms with Gasteiger partial charge in [-0.2, -0.15) is 0 Å². The molecule has 3 rings (SSSR count). The van der Waals surface area contributed by atoms with Crippen LogP contribution in [0.15, 0.2) is 52.5 Å². The summed E-state index contributed by atoms with van der Waals surface area (Å²) < 4.78 is 1.52. The van der Waals surface area contributed by atoms with Crippen LogP contribution in [0.1, 0.15) is 33.3 Å². The zero-order chi connectivity index (χ0) is 22.5. The Labute approximate surface area is 187 Å². The summed E-state index contributed by atoms with van der Waals surface area (Å²) in [6.07, 6.45) is 1.68.